The van der Waals surface area contributed by atoms with Gasteiger partial charge in [0.2, 0.25) is 5.91 Å². The van der Waals surface area contributed by atoms with E-state index in [0.717, 1.165) is 16.8 Å². The van der Waals surface area contributed by atoms with Crippen LogP contribution in [0.3, 0.4) is 0 Å². The predicted molar refractivity (Wildman–Crippen MR) is 107 cm³/mol. The number of nitrogens with zero attached hydrogens (tertiary/aromatic N) is 2. The Hall–Kier alpha value is -2.89. The van der Waals surface area contributed by atoms with Crippen LogP contribution in [0.4, 0.5) is 17.1 Å². The second-order valence-electron chi connectivity index (χ2n) is 7.27. The van der Waals surface area contributed by atoms with Crippen molar-refractivity contribution in [3.63, 3.8) is 0 Å². The van der Waals surface area contributed by atoms with Gasteiger partial charge in [0.25, 0.3) is 5.69 Å². The Balaban J connectivity index is 1.66. The highest BCUT2D eigenvalue weighted by Crippen LogP contribution is 2.32. The first-order valence-corrected chi connectivity index (χ1v) is 9.24. The Morgan fingerprint density at radius 3 is 2.30 bits per heavy atom. The van der Waals surface area contributed by atoms with Gasteiger partial charge in [-0.15, -0.1) is 0 Å². The van der Waals surface area contributed by atoms with E-state index in [-0.39, 0.29) is 22.4 Å². The summed E-state index contributed by atoms with van der Waals surface area (Å²) >= 11 is 0. The van der Waals surface area contributed by atoms with Crippen LogP contribution in [0.2, 0.25) is 0 Å². The average Bonchev–Trinajstić information content (AvgIpc) is 2.64. The Morgan fingerprint density at radius 2 is 1.70 bits per heavy atom. The van der Waals surface area contributed by atoms with Crippen molar-refractivity contribution >= 4 is 23.0 Å². The standard InChI is InChI=1S/C21H25N3O3/c1-14-12-15(2)20(16(3)13-14)22-21(25)17-8-10-23(11-9-17)18-6-4-5-7-19(18)24(26)27/h4-7,12-13,17H,8-11H2,1-3H3,(H,22,25). The van der Waals surface area contributed by atoms with Gasteiger partial charge in [-0.1, -0.05) is 29.8 Å². The van der Waals surface area contributed by atoms with Crippen LogP contribution in [0, 0.1) is 36.8 Å². The first-order valence-electron chi connectivity index (χ1n) is 9.24. The van der Waals surface area contributed by atoms with E-state index in [2.05, 4.69) is 17.4 Å². The van der Waals surface area contributed by atoms with Gasteiger partial charge >= 0.3 is 0 Å². The Kier molecular flexibility index (Phi) is 5.44. The van der Waals surface area contributed by atoms with Crippen LogP contribution in [0.5, 0.6) is 0 Å². The molecule has 1 amide bonds. The fraction of sp³-hybridized carbons (Fsp3) is 0.381. The zero-order chi connectivity index (χ0) is 19.6. The molecule has 0 saturated carbocycles. The average molecular weight is 367 g/mol. The lowest BCUT2D eigenvalue weighted by Gasteiger charge is -2.32. The van der Waals surface area contributed by atoms with E-state index < -0.39 is 0 Å². The maximum atomic E-state index is 12.7. The molecule has 0 radical (unpaired) electrons. The summed E-state index contributed by atoms with van der Waals surface area (Å²) in [7, 11) is 0. The van der Waals surface area contributed by atoms with Crippen LogP contribution >= 0.6 is 0 Å². The van der Waals surface area contributed by atoms with Crippen molar-refractivity contribution in [2.24, 2.45) is 5.92 Å². The van der Waals surface area contributed by atoms with Gasteiger partial charge in [-0.05, 0) is 50.8 Å². The number of benzene rings is 2. The van der Waals surface area contributed by atoms with Crippen molar-refractivity contribution < 1.29 is 9.72 Å². The van der Waals surface area contributed by atoms with Crippen LogP contribution in [0.25, 0.3) is 0 Å². The molecule has 0 bridgehead atoms. The number of para-hydroxylation sites is 2. The van der Waals surface area contributed by atoms with Crippen LogP contribution in [-0.4, -0.2) is 23.9 Å². The third kappa shape index (κ3) is 4.10. The number of carbonyl (C=O) groups excluding carboxylic acids is 1. The van der Waals surface area contributed by atoms with Crippen molar-refractivity contribution in [2.45, 2.75) is 33.6 Å². The largest absolute Gasteiger partial charge is 0.366 e. The van der Waals surface area contributed by atoms with Gasteiger partial charge < -0.3 is 10.2 Å². The Morgan fingerprint density at radius 1 is 1.11 bits per heavy atom. The van der Waals surface area contributed by atoms with Gasteiger partial charge in [0.15, 0.2) is 0 Å². The lowest BCUT2D eigenvalue weighted by atomic mass is 9.94. The monoisotopic (exact) mass is 367 g/mol. The molecule has 1 fully saturated rings. The minimum atomic E-state index is -0.350. The summed E-state index contributed by atoms with van der Waals surface area (Å²) in [5, 5.41) is 14.3. The third-order valence-electron chi connectivity index (χ3n) is 5.21. The van der Waals surface area contributed by atoms with Crippen molar-refractivity contribution in [3.8, 4) is 0 Å². The summed E-state index contributed by atoms with van der Waals surface area (Å²) in [5.74, 6) is -0.0450. The normalized spacial score (nSPS) is 14.9. The third-order valence-corrected chi connectivity index (χ3v) is 5.21. The number of aryl methyl sites for hydroxylation is 3. The first kappa shape index (κ1) is 18.9. The van der Waals surface area contributed by atoms with E-state index in [0.29, 0.717) is 31.6 Å². The number of nitro benzene ring substituents is 1. The summed E-state index contributed by atoms with van der Waals surface area (Å²) in [6, 6.07) is 10.9. The molecule has 0 unspecified atom stereocenters. The fourth-order valence-electron chi connectivity index (χ4n) is 3.87. The van der Waals surface area contributed by atoms with Gasteiger partial charge in [0.1, 0.15) is 5.69 Å². The van der Waals surface area contributed by atoms with Gasteiger partial charge in [0.05, 0.1) is 4.92 Å². The highest BCUT2D eigenvalue weighted by atomic mass is 16.6. The smallest absolute Gasteiger partial charge is 0.292 e. The molecule has 2 aromatic carbocycles. The molecule has 1 saturated heterocycles. The SMILES string of the molecule is Cc1cc(C)c(NC(=O)C2CCN(c3ccccc3[N+](=O)[O-])CC2)c(C)c1. The minimum Gasteiger partial charge on any atom is -0.366 e. The summed E-state index contributed by atoms with van der Waals surface area (Å²) in [5.41, 5.74) is 4.96. The second kappa shape index (κ2) is 7.78. The minimum absolute atomic E-state index is 0.0345. The van der Waals surface area contributed by atoms with E-state index in [1.807, 2.05) is 31.7 Å². The van der Waals surface area contributed by atoms with Crippen LogP contribution < -0.4 is 10.2 Å². The molecule has 1 heterocycles. The topological polar surface area (TPSA) is 75.5 Å². The highest BCUT2D eigenvalue weighted by Gasteiger charge is 2.28. The molecular weight excluding hydrogens is 342 g/mol. The number of hydrogen-bond acceptors (Lipinski definition) is 4. The molecular formula is C21H25N3O3. The zero-order valence-electron chi connectivity index (χ0n) is 16.0. The fourth-order valence-corrected chi connectivity index (χ4v) is 3.87. The van der Waals surface area contributed by atoms with Gasteiger partial charge in [-0.25, -0.2) is 0 Å². The van der Waals surface area contributed by atoms with Crippen molar-refractivity contribution in [1.82, 2.24) is 0 Å². The Labute approximate surface area is 159 Å². The molecule has 0 aromatic heterocycles. The lowest BCUT2D eigenvalue weighted by Crippen LogP contribution is -2.38. The van der Waals surface area contributed by atoms with E-state index in [1.54, 1.807) is 12.1 Å². The molecule has 0 atom stereocenters. The maximum Gasteiger partial charge on any atom is 0.292 e. The highest BCUT2D eigenvalue weighted by molar-refractivity contribution is 5.94. The molecule has 1 N–H and O–H groups in total. The molecule has 2 aromatic rings. The summed E-state index contributed by atoms with van der Waals surface area (Å²) in [6.45, 7) is 7.33. The van der Waals surface area contributed by atoms with Crippen LogP contribution in [-0.2, 0) is 4.79 Å². The second-order valence-corrected chi connectivity index (χ2v) is 7.27. The van der Waals surface area contributed by atoms with Gasteiger partial charge in [-0.2, -0.15) is 0 Å². The number of hydrogen-bond donors (Lipinski definition) is 1. The number of nitro groups is 1. The molecule has 6 nitrogen and oxygen atoms in total. The molecule has 6 heteroatoms. The van der Waals surface area contributed by atoms with Crippen molar-refractivity contribution in [2.75, 3.05) is 23.3 Å². The molecule has 0 spiro atoms. The Bertz CT molecular complexity index is 848. The lowest BCUT2D eigenvalue weighted by molar-refractivity contribution is -0.384. The quantitative estimate of drug-likeness (QED) is 0.643. The number of anilines is 2. The van der Waals surface area contributed by atoms with Gasteiger partial charge in [0, 0.05) is 30.8 Å². The molecule has 1 aliphatic rings. The van der Waals surface area contributed by atoms with E-state index in [4.69, 9.17) is 0 Å². The van der Waals surface area contributed by atoms with Gasteiger partial charge in [-0.3, -0.25) is 14.9 Å². The number of amides is 1. The summed E-state index contributed by atoms with van der Waals surface area (Å²) in [6.07, 6.45) is 1.36. The molecule has 1 aliphatic heterocycles. The number of rotatable bonds is 4. The van der Waals surface area contributed by atoms with Crippen molar-refractivity contribution in [1.29, 1.82) is 0 Å². The predicted octanol–water partition coefficient (Wildman–Crippen LogP) is 4.38. The molecule has 142 valence electrons. The van der Waals surface area contributed by atoms with E-state index >= 15 is 0 Å². The number of nitrogens with one attached hydrogen (secondary N) is 1. The van der Waals surface area contributed by atoms with Crippen LogP contribution in [0.15, 0.2) is 36.4 Å². The first-order chi connectivity index (χ1) is 12.9. The number of piperidine rings is 1. The molecule has 0 aliphatic carbocycles. The van der Waals surface area contributed by atoms with E-state index in [1.165, 1.54) is 11.6 Å². The molecule has 27 heavy (non-hydrogen) atoms. The van der Waals surface area contributed by atoms with E-state index in [9.17, 15) is 14.9 Å². The van der Waals surface area contributed by atoms with Crippen molar-refractivity contribution in [3.05, 3.63) is 63.2 Å². The molecule has 3 rings (SSSR count). The zero-order valence-corrected chi connectivity index (χ0v) is 16.0. The summed E-state index contributed by atoms with van der Waals surface area (Å²) < 4.78 is 0. The van der Waals surface area contributed by atoms with Crippen LogP contribution in [0.1, 0.15) is 29.5 Å². The number of carbonyl (C=O) groups is 1. The summed E-state index contributed by atoms with van der Waals surface area (Å²) in [4.78, 5) is 25.6. The maximum absolute atomic E-state index is 12.7.